The molecule has 2 unspecified atom stereocenters. The van der Waals surface area contributed by atoms with Gasteiger partial charge >= 0.3 is 0 Å². The summed E-state index contributed by atoms with van der Waals surface area (Å²) < 4.78 is 19.7. The van der Waals surface area contributed by atoms with Gasteiger partial charge in [0.05, 0.1) is 11.7 Å². The molecule has 2 nitrogen and oxygen atoms in total. The fourth-order valence-electron chi connectivity index (χ4n) is 2.97. The molecule has 108 valence electrons. The van der Waals surface area contributed by atoms with Crippen molar-refractivity contribution >= 4 is 0 Å². The van der Waals surface area contributed by atoms with E-state index in [1.807, 2.05) is 0 Å². The molecule has 0 bridgehead atoms. The summed E-state index contributed by atoms with van der Waals surface area (Å²) in [5.41, 5.74) is 0.289. The van der Waals surface area contributed by atoms with Gasteiger partial charge in [-0.25, -0.2) is 4.39 Å². The van der Waals surface area contributed by atoms with Crippen molar-refractivity contribution < 1.29 is 14.2 Å². The third-order valence-corrected chi connectivity index (χ3v) is 3.68. The maximum absolute atomic E-state index is 13.8. The van der Waals surface area contributed by atoms with Gasteiger partial charge in [0.15, 0.2) is 0 Å². The first-order valence-corrected chi connectivity index (χ1v) is 7.14. The van der Waals surface area contributed by atoms with Crippen LogP contribution in [0.25, 0.3) is 0 Å². The Morgan fingerprint density at radius 1 is 1.25 bits per heavy atom. The van der Waals surface area contributed by atoms with Gasteiger partial charge in [-0.15, -0.1) is 0 Å². The molecule has 3 heteroatoms. The van der Waals surface area contributed by atoms with E-state index in [2.05, 4.69) is 25.7 Å². The van der Waals surface area contributed by atoms with Crippen LogP contribution in [0.3, 0.4) is 0 Å². The lowest BCUT2D eigenvalue weighted by molar-refractivity contribution is 0.101. The van der Waals surface area contributed by atoms with Gasteiger partial charge in [-0.05, 0) is 43.2 Å². The SMILES string of the molecule is CC1CC(C)CC(Oc2ccc(C#CCO)c(F)c2)C1. The molecule has 1 aliphatic rings. The average Bonchev–Trinajstić information content (AvgIpc) is 2.36. The summed E-state index contributed by atoms with van der Waals surface area (Å²) in [4.78, 5) is 0. The lowest BCUT2D eigenvalue weighted by Gasteiger charge is -2.31. The van der Waals surface area contributed by atoms with E-state index in [-0.39, 0.29) is 18.3 Å². The molecule has 1 aromatic carbocycles. The third kappa shape index (κ3) is 3.98. The zero-order valence-electron chi connectivity index (χ0n) is 12.0. The van der Waals surface area contributed by atoms with E-state index < -0.39 is 5.82 Å². The molecular weight excluding hydrogens is 255 g/mol. The van der Waals surface area contributed by atoms with Crippen molar-refractivity contribution in [3.05, 3.63) is 29.6 Å². The molecule has 0 aliphatic heterocycles. The number of ether oxygens (including phenoxy) is 1. The van der Waals surface area contributed by atoms with Crippen LogP contribution in [-0.4, -0.2) is 17.8 Å². The molecule has 1 aromatic rings. The van der Waals surface area contributed by atoms with Gasteiger partial charge in [0, 0.05) is 6.07 Å². The zero-order chi connectivity index (χ0) is 14.5. The molecule has 0 saturated heterocycles. The Bertz CT molecular complexity index is 505. The molecule has 0 amide bonds. The Hall–Kier alpha value is -1.53. The van der Waals surface area contributed by atoms with Crippen LogP contribution < -0.4 is 4.74 Å². The molecule has 1 saturated carbocycles. The topological polar surface area (TPSA) is 29.5 Å². The van der Waals surface area contributed by atoms with Crippen LogP contribution in [0.2, 0.25) is 0 Å². The first-order chi connectivity index (χ1) is 9.58. The normalized spacial score (nSPS) is 25.7. The van der Waals surface area contributed by atoms with Crippen LogP contribution in [0.15, 0.2) is 18.2 Å². The second kappa shape index (κ2) is 6.76. The van der Waals surface area contributed by atoms with Crippen LogP contribution in [-0.2, 0) is 0 Å². The number of rotatable bonds is 2. The fourth-order valence-corrected chi connectivity index (χ4v) is 2.97. The summed E-state index contributed by atoms with van der Waals surface area (Å²) in [5, 5.41) is 8.62. The van der Waals surface area contributed by atoms with Gasteiger partial charge in [0.2, 0.25) is 0 Å². The van der Waals surface area contributed by atoms with Crippen LogP contribution in [0.4, 0.5) is 4.39 Å². The van der Waals surface area contributed by atoms with Gasteiger partial charge in [0.25, 0.3) is 0 Å². The van der Waals surface area contributed by atoms with Gasteiger partial charge in [0.1, 0.15) is 18.2 Å². The van der Waals surface area contributed by atoms with Crippen LogP contribution >= 0.6 is 0 Å². The smallest absolute Gasteiger partial charge is 0.142 e. The molecule has 1 N–H and O–H groups in total. The molecule has 0 radical (unpaired) electrons. The largest absolute Gasteiger partial charge is 0.490 e. The Balaban J connectivity index is 2.05. The molecule has 0 aromatic heterocycles. The molecule has 1 aliphatic carbocycles. The summed E-state index contributed by atoms with van der Waals surface area (Å²) >= 11 is 0. The van der Waals surface area contributed by atoms with E-state index in [9.17, 15) is 4.39 Å². The standard InChI is InChI=1S/C17H21FO2/c1-12-8-13(2)10-16(9-12)20-15-6-5-14(4-3-7-19)17(18)11-15/h5-6,11-13,16,19H,7-10H2,1-2H3. The van der Waals surface area contributed by atoms with Crippen molar-refractivity contribution in [2.75, 3.05) is 6.61 Å². The maximum atomic E-state index is 13.8. The Labute approximate surface area is 120 Å². The Morgan fingerprint density at radius 2 is 1.95 bits per heavy atom. The van der Waals surface area contributed by atoms with Crippen molar-refractivity contribution in [1.82, 2.24) is 0 Å². The van der Waals surface area contributed by atoms with E-state index >= 15 is 0 Å². The van der Waals surface area contributed by atoms with Gasteiger partial charge in [-0.2, -0.15) is 0 Å². The number of aliphatic hydroxyl groups is 1. The lowest BCUT2D eigenvalue weighted by atomic mass is 9.82. The van der Waals surface area contributed by atoms with Crippen molar-refractivity contribution in [2.24, 2.45) is 11.8 Å². The first-order valence-electron chi connectivity index (χ1n) is 7.14. The van der Waals surface area contributed by atoms with Gasteiger partial charge in [-0.3, -0.25) is 0 Å². The average molecular weight is 276 g/mol. The minimum Gasteiger partial charge on any atom is -0.490 e. The number of aliphatic hydroxyl groups excluding tert-OH is 1. The zero-order valence-corrected chi connectivity index (χ0v) is 12.0. The molecule has 2 atom stereocenters. The predicted molar refractivity (Wildman–Crippen MR) is 77.0 cm³/mol. The highest BCUT2D eigenvalue weighted by molar-refractivity contribution is 5.39. The summed E-state index contributed by atoms with van der Waals surface area (Å²) in [6, 6.07) is 4.72. The second-order valence-corrected chi connectivity index (χ2v) is 5.76. The fraction of sp³-hybridized carbons (Fsp3) is 0.529. The van der Waals surface area contributed by atoms with Crippen molar-refractivity contribution in [2.45, 2.75) is 39.2 Å². The van der Waals surface area contributed by atoms with Gasteiger partial charge in [-0.1, -0.05) is 25.7 Å². The summed E-state index contributed by atoms with van der Waals surface area (Å²) in [6.07, 6.45) is 3.46. The highest BCUT2D eigenvalue weighted by Gasteiger charge is 2.25. The maximum Gasteiger partial charge on any atom is 0.142 e. The van der Waals surface area contributed by atoms with Gasteiger partial charge < -0.3 is 9.84 Å². The van der Waals surface area contributed by atoms with E-state index in [0.717, 1.165) is 12.8 Å². The van der Waals surface area contributed by atoms with Crippen molar-refractivity contribution in [3.63, 3.8) is 0 Å². The summed E-state index contributed by atoms with van der Waals surface area (Å²) in [5.74, 6) is 6.49. The highest BCUT2D eigenvalue weighted by atomic mass is 19.1. The quantitative estimate of drug-likeness (QED) is 0.839. The number of hydrogen-bond acceptors (Lipinski definition) is 2. The van der Waals surface area contributed by atoms with Crippen LogP contribution in [0, 0.1) is 29.5 Å². The molecule has 0 spiro atoms. The lowest BCUT2D eigenvalue weighted by Crippen LogP contribution is -2.28. The molecule has 1 fully saturated rings. The minimum atomic E-state index is -0.402. The first kappa shape index (κ1) is 14.9. The molecular formula is C17H21FO2. The van der Waals surface area contributed by atoms with Crippen molar-refractivity contribution in [3.8, 4) is 17.6 Å². The summed E-state index contributed by atoms with van der Waals surface area (Å²) in [6.45, 7) is 4.20. The minimum absolute atomic E-state index is 0.169. The molecule has 20 heavy (non-hydrogen) atoms. The monoisotopic (exact) mass is 276 g/mol. The molecule has 2 rings (SSSR count). The highest BCUT2D eigenvalue weighted by Crippen LogP contribution is 2.31. The van der Waals surface area contributed by atoms with E-state index in [0.29, 0.717) is 17.6 Å². The van der Waals surface area contributed by atoms with Crippen LogP contribution in [0.5, 0.6) is 5.75 Å². The van der Waals surface area contributed by atoms with Crippen molar-refractivity contribution in [1.29, 1.82) is 0 Å². The number of halogens is 1. The van der Waals surface area contributed by atoms with E-state index in [4.69, 9.17) is 9.84 Å². The Kier molecular flexibility index (Phi) is 5.03. The van der Waals surface area contributed by atoms with E-state index in [1.54, 1.807) is 12.1 Å². The third-order valence-electron chi connectivity index (χ3n) is 3.68. The van der Waals surface area contributed by atoms with Crippen LogP contribution in [0.1, 0.15) is 38.7 Å². The number of benzene rings is 1. The predicted octanol–water partition coefficient (Wildman–Crippen LogP) is 3.37. The summed E-state index contributed by atoms with van der Waals surface area (Å²) in [7, 11) is 0. The molecule has 0 heterocycles. The second-order valence-electron chi connectivity index (χ2n) is 5.76. The Morgan fingerprint density at radius 3 is 2.55 bits per heavy atom. The number of hydrogen-bond donors (Lipinski definition) is 1. The van der Waals surface area contributed by atoms with E-state index in [1.165, 1.54) is 12.5 Å².